The summed E-state index contributed by atoms with van der Waals surface area (Å²) in [4.78, 5) is 17.1. The van der Waals surface area contributed by atoms with Gasteiger partial charge in [-0.2, -0.15) is 0 Å². The highest BCUT2D eigenvalue weighted by atomic mass is 16.6. The van der Waals surface area contributed by atoms with Crippen LogP contribution in [0.5, 0.6) is 0 Å². The molecule has 0 aliphatic heterocycles. The van der Waals surface area contributed by atoms with Crippen LogP contribution < -0.4 is 12.3 Å². The molecule has 100 valence electrons. The predicted octanol–water partition coefficient (Wildman–Crippen LogP) is 3.18. The van der Waals surface area contributed by atoms with E-state index in [0.29, 0.717) is 0 Å². The van der Waals surface area contributed by atoms with Gasteiger partial charge < -0.3 is 32.7 Å². The van der Waals surface area contributed by atoms with Crippen LogP contribution in [0.15, 0.2) is 39.5 Å². The van der Waals surface area contributed by atoms with Crippen LogP contribution in [0.1, 0.15) is 0 Å². The summed E-state index contributed by atoms with van der Waals surface area (Å²) in [5.74, 6) is 0. The van der Waals surface area contributed by atoms with E-state index in [0.717, 1.165) is 0 Å². The van der Waals surface area contributed by atoms with Crippen LogP contribution in [0, 0.1) is 0 Å². The van der Waals surface area contributed by atoms with E-state index in [4.69, 9.17) is 30.0 Å². The number of hydrogen-bond acceptors (Lipinski definition) is 4. The Bertz CT molecular complexity index is 107. The summed E-state index contributed by atoms with van der Waals surface area (Å²) < 4.78 is 0. The van der Waals surface area contributed by atoms with E-state index < -0.39 is 12.3 Å². The molecular formula is C8H22N2O6. The van der Waals surface area contributed by atoms with Gasteiger partial charge in [0.05, 0.1) is 0 Å². The minimum atomic E-state index is -1.83. The van der Waals surface area contributed by atoms with Gasteiger partial charge >= 0.3 is 12.3 Å². The van der Waals surface area contributed by atoms with Gasteiger partial charge in [-0.1, -0.05) is 0 Å². The minimum absolute atomic E-state index is 0. The van der Waals surface area contributed by atoms with Gasteiger partial charge in [0.2, 0.25) is 0 Å². The first-order valence-corrected chi connectivity index (χ1v) is 2.80. The molecule has 0 saturated carbocycles. The van der Waals surface area contributed by atoms with E-state index in [1.54, 1.807) is 0 Å². The van der Waals surface area contributed by atoms with Crippen LogP contribution >= 0.6 is 0 Å². The number of carboxylic acid groups (broad SMARTS) is 4. The Kier molecular flexibility index (Phi) is 394. The van der Waals surface area contributed by atoms with Crippen molar-refractivity contribution >= 4 is 12.3 Å². The summed E-state index contributed by atoms with van der Waals surface area (Å²) in [6.07, 6.45) is -3.67. The van der Waals surface area contributed by atoms with E-state index >= 15 is 0 Å². The molecule has 0 aromatic carbocycles. The van der Waals surface area contributed by atoms with Crippen LogP contribution in [0.3, 0.4) is 0 Å². The van der Waals surface area contributed by atoms with Crippen molar-refractivity contribution in [2.24, 2.45) is 0 Å². The normalized spacial score (nSPS) is 3.75. The highest BCUT2D eigenvalue weighted by Crippen LogP contribution is 1.43. The summed E-state index contributed by atoms with van der Waals surface area (Å²) >= 11 is 0. The van der Waals surface area contributed by atoms with Crippen LogP contribution in [0.2, 0.25) is 0 Å². The first-order valence-electron chi connectivity index (χ1n) is 2.80. The molecule has 0 rings (SSSR count). The van der Waals surface area contributed by atoms with Crippen molar-refractivity contribution in [2.75, 3.05) is 0 Å². The lowest BCUT2D eigenvalue weighted by Gasteiger charge is -1.60. The lowest BCUT2D eigenvalue weighted by atomic mass is 11.3. The Balaban J connectivity index is -0.0000000129. The molecule has 0 bridgehead atoms. The molecule has 8 nitrogen and oxygen atoms in total. The molecule has 0 atom stereocenters. The monoisotopic (exact) mass is 242 g/mol. The van der Waals surface area contributed by atoms with Crippen LogP contribution in [-0.2, 0) is 0 Å². The molecule has 0 fully saturated rings. The molecule has 0 amide bonds. The van der Waals surface area contributed by atoms with Gasteiger partial charge in [-0.05, 0) is 0 Å². The Morgan fingerprint density at radius 1 is 0.562 bits per heavy atom. The average Bonchev–Trinajstić information content (AvgIpc) is 2.12. The molecule has 0 aliphatic carbocycles. The van der Waals surface area contributed by atoms with Crippen LogP contribution in [-0.4, -0.2) is 32.7 Å². The number of hydrogen-bond donors (Lipinski definition) is 6. The summed E-state index contributed by atoms with van der Waals surface area (Å²) in [6, 6.07) is 0. The second-order valence-corrected chi connectivity index (χ2v) is 0.565. The zero-order chi connectivity index (χ0) is 13.2. The molecule has 0 aromatic rings. The Morgan fingerprint density at radius 3 is 0.562 bits per heavy atom. The second kappa shape index (κ2) is 128. The third-order valence-electron chi connectivity index (χ3n) is 0. The number of carbonyl (C=O) groups is 2. The van der Waals surface area contributed by atoms with E-state index in [2.05, 4.69) is 39.5 Å². The molecule has 0 spiro atoms. The molecule has 0 radical (unpaired) electrons. The topological polar surface area (TPSA) is 185 Å². The standard InChI is InChI=1S/3C2H4.2CH2O3.2H3N/c3*1-2;2*2-1(3)4;;/h3*1-2H2;2*(H2,2,3,4);2*1H3. The predicted molar refractivity (Wildman–Crippen MR) is 65.1 cm³/mol. The van der Waals surface area contributed by atoms with Crippen molar-refractivity contribution in [3.05, 3.63) is 39.5 Å². The molecular weight excluding hydrogens is 220 g/mol. The third kappa shape index (κ3) is 248. The molecule has 10 N–H and O–H groups in total. The molecule has 0 heterocycles. The summed E-state index contributed by atoms with van der Waals surface area (Å²) in [5.41, 5.74) is 0. The van der Waals surface area contributed by atoms with Gasteiger partial charge in [-0.3, -0.25) is 0 Å². The molecule has 0 saturated heterocycles. The zero-order valence-corrected chi connectivity index (χ0v) is 9.26. The van der Waals surface area contributed by atoms with E-state index in [1.807, 2.05) is 0 Å². The van der Waals surface area contributed by atoms with Crippen molar-refractivity contribution < 1.29 is 30.0 Å². The fourth-order valence-electron chi connectivity index (χ4n) is 0. The Morgan fingerprint density at radius 2 is 0.562 bits per heavy atom. The molecule has 0 aliphatic rings. The van der Waals surface area contributed by atoms with Gasteiger partial charge in [-0.25, -0.2) is 9.59 Å². The van der Waals surface area contributed by atoms with E-state index in [9.17, 15) is 0 Å². The highest BCUT2D eigenvalue weighted by molar-refractivity contribution is 5.53. The van der Waals surface area contributed by atoms with Crippen molar-refractivity contribution in [1.82, 2.24) is 12.3 Å². The smallest absolute Gasteiger partial charge is 0.450 e. The fourth-order valence-corrected chi connectivity index (χ4v) is 0. The lowest BCUT2D eigenvalue weighted by Crippen LogP contribution is -1.81. The SMILES string of the molecule is C=C.C=C.C=C.N.N.O=C(O)O.O=C(O)O. The van der Waals surface area contributed by atoms with Crippen molar-refractivity contribution in [1.29, 1.82) is 0 Å². The van der Waals surface area contributed by atoms with E-state index in [-0.39, 0.29) is 12.3 Å². The van der Waals surface area contributed by atoms with Gasteiger partial charge in [-0.15, -0.1) is 39.5 Å². The summed E-state index contributed by atoms with van der Waals surface area (Å²) in [5, 5.41) is 27.9. The average molecular weight is 242 g/mol. The molecule has 0 unspecified atom stereocenters. The fraction of sp³-hybridized carbons (Fsp3) is 0. The van der Waals surface area contributed by atoms with Gasteiger partial charge in [0.1, 0.15) is 0 Å². The number of rotatable bonds is 0. The molecule has 8 heteroatoms. The summed E-state index contributed by atoms with van der Waals surface area (Å²) in [7, 11) is 0. The van der Waals surface area contributed by atoms with Crippen molar-refractivity contribution in [3.63, 3.8) is 0 Å². The van der Waals surface area contributed by atoms with Crippen molar-refractivity contribution in [3.8, 4) is 0 Å². The first kappa shape index (κ1) is 49.3. The van der Waals surface area contributed by atoms with Gasteiger partial charge in [0, 0.05) is 0 Å². The molecule has 0 aromatic heterocycles. The van der Waals surface area contributed by atoms with Crippen molar-refractivity contribution in [2.45, 2.75) is 0 Å². The second-order valence-electron chi connectivity index (χ2n) is 0.565. The maximum absolute atomic E-state index is 8.56. The molecule has 16 heavy (non-hydrogen) atoms. The van der Waals surface area contributed by atoms with Gasteiger partial charge in [0.25, 0.3) is 0 Å². The minimum Gasteiger partial charge on any atom is -0.450 e. The van der Waals surface area contributed by atoms with Crippen LogP contribution in [0.4, 0.5) is 9.59 Å². The largest absolute Gasteiger partial charge is 0.503 e. The van der Waals surface area contributed by atoms with Gasteiger partial charge in [0.15, 0.2) is 0 Å². The Labute approximate surface area is 95.0 Å². The maximum atomic E-state index is 8.56. The summed E-state index contributed by atoms with van der Waals surface area (Å²) in [6.45, 7) is 18.0. The maximum Gasteiger partial charge on any atom is 0.503 e. The lowest BCUT2D eigenvalue weighted by molar-refractivity contribution is 0.135. The third-order valence-corrected chi connectivity index (χ3v) is 0. The first-order chi connectivity index (χ1) is 6.46. The highest BCUT2D eigenvalue weighted by Gasteiger charge is 1.70. The van der Waals surface area contributed by atoms with E-state index in [1.165, 1.54) is 0 Å². The quantitative estimate of drug-likeness (QED) is 0.349. The zero-order valence-electron chi connectivity index (χ0n) is 9.26. The Hall–Kier alpha value is -2.32. The van der Waals surface area contributed by atoms with Crippen LogP contribution in [0.25, 0.3) is 0 Å².